The summed E-state index contributed by atoms with van der Waals surface area (Å²) < 4.78 is 0. The standard InChI is InChI=1S/C13H21ClN4O/c1-4-7-16-13(19)9-18(3)8-11-10(14)5-6-12(15-2)17-11/h5-6H,4,7-9H2,1-3H3,(H,15,17)(H,16,19). The number of hydrogen-bond donors (Lipinski definition) is 2. The van der Waals surface area contributed by atoms with Crippen LogP contribution in [0.3, 0.4) is 0 Å². The van der Waals surface area contributed by atoms with Crippen LogP contribution >= 0.6 is 11.6 Å². The summed E-state index contributed by atoms with van der Waals surface area (Å²) in [4.78, 5) is 17.9. The highest BCUT2D eigenvalue weighted by Gasteiger charge is 2.10. The van der Waals surface area contributed by atoms with Crippen molar-refractivity contribution >= 4 is 23.3 Å². The van der Waals surface area contributed by atoms with Gasteiger partial charge in [0.15, 0.2) is 0 Å². The molecule has 0 unspecified atom stereocenters. The zero-order valence-corrected chi connectivity index (χ0v) is 12.4. The lowest BCUT2D eigenvalue weighted by atomic mass is 10.3. The number of pyridine rings is 1. The van der Waals surface area contributed by atoms with Gasteiger partial charge in [-0.3, -0.25) is 9.69 Å². The molecule has 0 saturated heterocycles. The first-order valence-electron chi connectivity index (χ1n) is 6.35. The average molecular weight is 285 g/mol. The van der Waals surface area contributed by atoms with Gasteiger partial charge in [0.1, 0.15) is 5.82 Å². The first kappa shape index (κ1) is 15.7. The van der Waals surface area contributed by atoms with E-state index in [2.05, 4.69) is 15.6 Å². The molecule has 1 rings (SSSR count). The van der Waals surface area contributed by atoms with E-state index in [-0.39, 0.29) is 5.91 Å². The molecule has 0 atom stereocenters. The number of rotatable bonds is 7. The Morgan fingerprint density at radius 1 is 1.47 bits per heavy atom. The molecule has 0 radical (unpaired) electrons. The van der Waals surface area contributed by atoms with Gasteiger partial charge in [0.25, 0.3) is 0 Å². The topological polar surface area (TPSA) is 57.3 Å². The molecule has 106 valence electrons. The van der Waals surface area contributed by atoms with Gasteiger partial charge in [-0.25, -0.2) is 4.98 Å². The Balaban J connectivity index is 2.56. The molecule has 2 N–H and O–H groups in total. The molecule has 0 aliphatic rings. The van der Waals surface area contributed by atoms with E-state index in [1.165, 1.54) is 0 Å². The first-order valence-corrected chi connectivity index (χ1v) is 6.73. The van der Waals surface area contributed by atoms with Crippen LogP contribution in [0.5, 0.6) is 0 Å². The number of amides is 1. The molecule has 1 aromatic heterocycles. The molecule has 0 aliphatic carbocycles. The van der Waals surface area contributed by atoms with Gasteiger partial charge in [-0.15, -0.1) is 0 Å². The highest BCUT2D eigenvalue weighted by Crippen LogP contribution is 2.17. The van der Waals surface area contributed by atoms with Gasteiger partial charge >= 0.3 is 0 Å². The van der Waals surface area contributed by atoms with Crippen molar-refractivity contribution in [1.29, 1.82) is 0 Å². The van der Waals surface area contributed by atoms with E-state index in [4.69, 9.17) is 11.6 Å². The van der Waals surface area contributed by atoms with E-state index in [9.17, 15) is 4.79 Å². The van der Waals surface area contributed by atoms with Gasteiger partial charge in [0.2, 0.25) is 5.91 Å². The Labute approximate surface area is 119 Å². The number of halogens is 1. The minimum atomic E-state index is 0.0187. The van der Waals surface area contributed by atoms with Crippen LogP contribution in [0, 0.1) is 0 Å². The minimum Gasteiger partial charge on any atom is -0.373 e. The predicted molar refractivity (Wildman–Crippen MR) is 78.4 cm³/mol. The summed E-state index contributed by atoms with van der Waals surface area (Å²) in [5, 5.41) is 6.42. The number of anilines is 1. The lowest BCUT2D eigenvalue weighted by molar-refractivity contribution is -0.122. The Morgan fingerprint density at radius 2 is 2.21 bits per heavy atom. The Morgan fingerprint density at radius 3 is 2.84 bits per heavy atom. The van der Waals surface area contributed by atoms with Crippen molar-refractivity contribution in [3.63, 3.8) is 0 Å². The van der Waals surface area contributed by atoms with Crippen molar-refractivity contribution in [3.8, 4) is 0 Å². The largest absolute Gasteiger partial charge is 0.373 e. The first-order chi connectivity index (χ1) is 9.06. The van der Waals surface area contributed by atoms with Crippen LogP contribution in [0.2, 0.25) is 5.02 Å². The lowest BCUT2D eigenvalue weighted by Crippen LogP contribution is -2.35. The molecule has 1 heterocycles. The second-order valence-corrected chi connectivity index (χ2v) is 4.80. The Hall–Kier alpha value is -1.33. The minimum absolute atomic E-state index is 0.0187. The Bertz CT molecular complexity index is 425. The third-order valence-corrected chi connectivity index (χ3v) is 2.92. The fourth-order valence-corrected chi connectivity index (χ4v) is 1.78. The predicted octanol–water partition coefficient (Wildman–Crippen LogP) is 1.73. The highest BCUT2D eigenvalue weighted by molar-refractivity contribution is 6.31. The smallest absolute Gasteiger partial charge is 0.234 e. The van der Waals surface area contributed by atoms with Crippen molar-refractivity contribution in [1.82, 2.24) is 15.2 Å². The summed E-state index contributed by atoms with van der Waals surface area (Å²) >= 11 is 6.10. The second kappa shape index (κ2) is 7.96. The van der Waals surface area contributed by atoms with Crippen LogP contribution in [0.25, 0.3) is 0 Å². The van der Waals surface area contributed by atoms with E-state index in [1.54, 1.807) is 6.07 Å². The lowest BCUT2D eigenvalue weighted by Gasteiger charge is -2.17. The summed E-state index contributed by atoms with van der Waals surface area (Å²) in [5.41, 5.74) is 0.763. The third-order valence-electron chi connectivity index (χ3n) is 2.58. The number of carbonyl (C=O) groups excluding carboxylic acids is 1. The summed E-state index contributed by atoms with van der Waals surface area (Å²) in [5.74, 6) is 0.786. The molecule has 0 aromatic carbocycles. The molecule has 5 nitrogen and oxygen atoms in total. The maximum Gasteiger partial charge on any atom is 0.234 e. The fourth-order valence-electron chi connectivity index (χ4n) is 1.61. The maximum atomic E-state index is 11.6. The second-order valence-electron chi connectivity index (χ2n) is 4.40. The van der Waals surface area contributed by atoms with Crippen LogP contribution in [0.15, 0.2) is 12.1 Å². The van der Waals surface area contributed by atoms with Crippen LogP contribution in [0.1, 0.15) is 19.0 Å². The molecule has 6 heteroatoms. The molecular weight excluding hydrogens is 264 g/mol. The normalized spacial score (nSPS) is 10.6. The molecule has 0 fully saturated rings. The molecule has 0 spiro atoms. The van der Waals surface area contributed by atoms with Crippen LogP contribution < -0.4 is 10.6 Å². The zero-order chi connectivity index (χ0) is 14.3. The third kappa shape index (κ3) is 5.44. The number of likely N-dealkylation sites (N-methyl/N-ethyl adjacent to an activating group) is 1. The van der Waals surface area contributed by atoms with Crippen molar-refractivity contribution in [3.05, 3.63) is 22.8 Å². The summed E-state index contributed by atoms with van der Waals surface area (Å²) in [6.07, 6.45) is 0.938. The van der Waals surface area contributed by atoms with Gasteiger partial charge in [-0.2, -0.15) is 0 Å². The zero-order valence-electron chi connectivity index (χ0n) is 11.7. The van der Waals surface area contributed by atoms with E-state index >= 15 is 0 Å². The fraction of sp³-hybridized carbons (Fsp3) is 0.538. The monoisotopic (exact) mass is 284 g/mol. The molecule has 0 saturated carbocycles. The molecule has 19 heavy (non-hydrogen) atoms. The van der Waals surface area contributed by atoms with Crippen molar-refractivity contribution in [2.45, 2.75) is 19.9 Å². The molecule has 0 aliphatic heterocycles. The quantitative estimate of drug-likeness (QED) is 0.801. The summed E-state index contributed by atoms with van der Waals surface area (Å²) in [7, 11) is 3.68. The molecule has 1 aromatic rings. The van der Waals surface area contributed by atoms with Crippen molar-refractivity contribution < 1.29 is 4.79 Å². The molecule has 0 bridgehead atoms. The van der Waals surface area contributed by atoms with Gasteiger partial charge in [0, 0.05) is 20.1 Å². The van der Waals surface area contributed by atoms with E-state index in [1.807, 2.05) is 32.0 Å². The molecular formula is C13H21ClN4O. The van der Waals surface area contributed by atoms with Crippen LogP contribution in [-0.2, 0) is 11.3 Å². The van der Waals surface area contributed by atoms with Gasteiger partial charge in [0.05, 0.1) is 17.3 Å². The van der Waals surface area contributed by atoms with Crippen molar-refractivity contribution in [2.75, 3.05) is 32.5 Å². The molecule has 1 amide bonds. The van der Waals surface area contributed by atoms with E-state index < -0.39 is 0 Å². The summed E-state index contributed by atoms with van der Waals surface area (Å²) in [6, 6.07) is 3.63. The number of nitrogens with one attached hydrogen (secondary N) is 2. The van der Waals surface area contributed by atoms with Gasteiger partial charge < -0.3 is 10.6 Å². The van der Waals surface area contributed by atoms with Crippen LogP contribution in [-0.4, -0.2) is 43.0 Å². The number of aromatic nitrogens is 1. The van der Waals surface area contributed by atoms with Gasteiger partial charge in [-0.05, 0) is 25.6 Å². The van der Waals surface area contributed by atoms with E-state index in [0.717, 1.165) is 17.9 Å². The highest BCUT2D eigenvalue weighted by atomic mass is 35.5. The van der Waals surface area contributed by atoms with E-state index in [0.29, 0.717) is 24.7 Å². The SMILES string of the molecule is CCCNC(=O)CN(C)Cc1nc(NC)ccc1Cl. The number of hydrogen-bond acceptors (Lipinski definition) is 4. The summed E-state index contributed by atoms with van der Waals surface area (Å²) in [6.45, 7) is 3.60. The number of nitrogens with zero attached hydrogens (tertiary/aromatic N) is 2. The van der Waals surface area contributed by atoms with Crippen LogP contribution in [0.4, 0.5) is 5.82 Å². The van der Waals surface area contributed by atoms with Gasteiger partial charge in [-0.1, -0.05) is 18.5 Å². The average Bonchev–Trinajstić information content (AvgIpc) is 2.38. The van der Waals surface area contributed by atoms with Crippen molar-refractivity contribution in [2.24, 2.45) is 0 Å². The maximum absolute atomic E-state index is 11.6. The Kier molecular flexibility index (Phi) is 6.59. The number of carbonyl (C=O) groups is 1.